The van der Waals surface area contributed by atoms with Gasteiger partial charge in [-0.3, -0.25) is 9.78 Å². The number of nitrogens with zero attached hydrogens (tertiary/aromatic N) is 4. The van der Waals surface area contributed by atoms with E-state index >= 15 is 0 Å². The Hall–Kier alpha value is -3.40. The first-order valence-electron chi connectivity index (χ1n) is 8.64. The molecule has 0 aliphatic carbocycles. The van der Waals surface area contributed by atoms with E-state index in [1.807, 2.05) is 4.90 Å². The molecule has 1 amide bonds. The Morgan fingerprint density at radius 3 is 2.74 bits per heavy atom. The summed E-state index contributed by atoms with van der Waals surface area (Å²) in [6.07, 6.45) is 4.44. The van der Waals surface area contributed by atoms with Crippen LogP contribution < -0.4 is 4.90 Å². The fourth-order valence-corrected chi connectivity index (χ4v) is 3.55. The van der Waals surface area contributed by atoms with Crippen LogP contribution in [0.4, 0.5) is 10.1 Å². The molecule has 1 saturated heterocycles. The molecule has 1 fully saturated rings. The van der Waals surface area contributed by atoms with E-state index in [-0.39, 0.29) is 11.7 Å². The smallest absolute Gasteiger partial charge is 0.257 e. The van der Waals surface area contributed by atoms with Crippen molar-refractivity contribution in [3.8, 4) is 6.07 Å². The summed E-state index contributed by atoms with van der Waals surface area (Å²) in [6, 6.07) is 6.67. The SMILES string of the molecule is Cc1cc(F)cc2c(N3CCN(C(=O)c4ccoc4)CC3)c(C#N)cnc12. The van der Waals surface area contributed by atoms with Crippen LogP contribution >= 0.6 is 0 Å². The number of carbonyl (C=O) groups is 1. The molecule has 0 unspecified atom stereocenters. The lowest BCUT2D eigenvalue weighted by Gasteiger charge is -2.36. The van der Waals surface area contributed by atoms with Gasteiger partial charge in [0.1, 0.15) is 18.1 Å². The fourth-order valence-electron chi connectivity index (χ4n) is 3.55. The molecule has 0 radical (unpaired) electrons. The van der Waals surface area contributed by atoms with Crippen molar-refractivity contribution < 1.29 is 13.6 Å². The third kappa shape index (κ3) is 2.99. The van der Waals surface area contributed by atoms with Crippen molar-refractivity contribution >= 4 is 22.5 Å². The summed E-state index contributed by atoms with van der Waals surface area (Å²) >= 11 is 0. The third-order valence-corrected chi connectivity index (χ3v) is 4.87. The monoisotopic (exact) mass is 364 g/mol. The van der Waals surface area contributed by atoms with Crippen LogP contribution in [0.2, 0.25) is 0 Å². The molecule has 0 bridgehead atoms. The molecule has 3 heterocycles. The van der Waals surface area contributed by atoms with E-state index in [4.69, 9.17) is 4.42 Å². The van der Waals surface area contributed by atoms with Gasteiger partial charge in [0, 0.05) is 37.8 Å². The van der Waals surface area contributed by atoms with Crippen LogP contribution in [0.3, 0.4) is 0 Å². The van der Waals surface area contributed by atoms with Crippen LogP contribution in [0.15, 0.2) is 41.3 Å². The van der Waals surface area contributed by atoms with Crippen LogP contribution in [-0.4, -0.2) is 42.0 Å². The summed E-state index contributed by atoms with van der Waals surface area (Å²) in [6.45, 7) is 3.91. The predicted molar refractivity (Wildman–Crippen MR) is 98.0 cm³/mol. The second-order valence-electron chi connectivity index (χ2n) is 6.54. The van der Waals surface area contributed by atoms with E-state index in [0.717, 1.165) is 5.56 Å². The number of fused-ring (bicyclic) bond motifs is 1. The molecule has 0 saturated carbocycles. The first-order chi connectivity index (χ1) is 13.1. The largest absolute Gasteiger partial charge is 0.472 e. The van der Waals surface area contributed by atoms with E-state index in [9.17, 15) is 14.4 Å². The minimum atomic E-state index is -0.355. The normalized spacial score (nSPS) is 14.4. The van der Waals surface area contributed by atoms with E-state index in [1.54, 1.807) is 17.9 Å². The zero-order valence-electron chi connectivity index (χ0n) is 14.8. The number of aromatic nitrogens is 1. The zero-order chi connectivity index (χ0) is 19.0. The van der Waals surface area contributed by atoms with Gasteiger partial charge in [0.25, 0.3) is 5.91 Å². The first-order valence-corrected chi connectivity index (χ1v) is 8.64. The minimum absolute atomic E-state index is 0.0784. The molecule has 27 heavy (non-hydrogen) atoms. The number of carbonyl (C=O) groups excluding carboxylic acids is 1. The third-order valence-electron chi connectivity index (χ3n) is 4.87. The van der Waals surface area contributed by atoms with Crippen molar-refractivity contribution in [2.45, 2.75) is 6.92 Å². The standard InChI is InChI=1S/C20H17FN4O2/c1-13-8-16(21)9-17-18(13)23-11-15(10-22)19(17)24-3-5-25(6-4-24)20(26)14-2-7-27-12-14/h2,7-9,11-12H,3-6H2,1H3. The Morgan fingerprint density at radius 2 is 2.07 bits per heavy atom. The molecule has 136 valence electrons. The van der Waals surface area contributed by atoms with Gasteiger partial charge in [-0.15, -0.1) is 0 Å². The van der Waals surface area contributed by atoms with Gasteiger partial charge in [-0.1, -0.05) is 0 Å². The van der Waals surface area contributed by atoms with Crippen molar-refractivity contribution in [3.05, 3.63) is 59.4 Å². The topological polar surface area (TPSA) is 73.4 Å². The number of furan rings is 1. The van der Waals surface area contributed by atoms with Crippen molar-refractivity contribution in [1.29, 1.82) is 5.26 Å². The van der Waals surface area contributed by atoms with E-state index in [2.05, 4.69) is 11.1 Å². The van der Waals surface area contributed by atoms with Crippen LogP contribution in [0.25, 0.3) is 10.9 Å². The van der Waals surface area contributed by atoms with Crippen molar-refractivity contribution in [1.82, 2.24) is 9.88 Å². The number of nitriles is 1. The van der Waals surface area contributed by atoms with Gasteiger partial charge in [-0.2, -0.15) is 5.26 Å². The Balaban J connectivity index is 1.66. The van der Waals surface area contributed by atoms with Crippen LogP contribution in [0.5, 0.6) is 0 Å². The summed E-state index contributed by atoms with van der Waals surface area (Å²) in [5.41, 5.74) is 3.02. The van der Waals surface area contributed by atoms with Crippen molar-refractivity contribution in [3.63, 3.8) is 0 Å². The Bertz CT molecular complexity index is 1050. The van der Waals surface area contributed by atoms with Gasteiger partial charge >= 0.3 is 0 Å². The lowest BCUT2D eigenvalue weighted by molar-refractivity contribution is 0.0746. The summed E-state index contributed by atoms with van der Waals surface area (Å²) in [5.74, 6) is -0.433. The number of pyridine rings is 1. The zero-order valence-corrected chi connectivity index (χ0v) is 14.8. The summed E-state index contributed by atoms with van der Waals surface area (Å²) < 4.78 is 19.0. The quantitative estimate of drug-likeness (QED) is 0.699. The number of anilines is 1. The van der Waals surface area contributed by atoms with Gasteiger partial charge in [0.15, 0.2) is 0 Å². The number of hydrogen-bond acceptors (Lipinski definition) is 5. The fraction of sp³-hybridized carbons (Fsp3) is 0.250. The number of rotatable bonds is 2. The molecule has 1 aromatic carbocycles. The number of aryl methyl sites for hydroxylation is 1. The number of amides is 1. The maximum atomic E-state index is 14.0. The predicted octanol–water partition coefficient (Wildman–Crippen LogP) is 3.11. The van der Waals surface area contributed by atoms with Gasteiger partial charge < -0.3 is 14.2 Å². The van der Waals surface area contributed by atoms with Gasteiger partial charge in [-0.25, -0.2) is 4.39 Å². The first kappa shape index (κ1) is 17.0. The average Bonchev–Trinajstić information content (AvgIpc) is 3.21. The molecule has 6 nitrogen and oxygen atoms in total. The lowest BCUT2D eigenvalue weighted by Crippen LogP contribution is -2.49. The molecule has 3 aromatic rings. The number of benzene rings is 1. The van der Waals surface area contributed by atoms with E-state index in [0.29, 0.717) is 53.9 Å². The molecular weight excluding hydrogens is 347 g/mol. The summed E-state index contributed by atoms with van der Waals surface area (Å²) in [4.78, 5) is 20.6. The summed E-state index contributed by atoms with van der Waals surface area (Å²) in [7, 11) is 0. The van der Waals surface area contributed by atoms with Crippen LogP contribution in [0.1, 0.15) is 21.5 Å². The highest BCUT2D eigenvalue weighted by molar-refractivity contribution is 5.97. The van der Waals surface area contributed by atoms with E-state index < -0.39 is 0 Å². The van der Waals surface area contributed by atoms with E-state index in [1.165, 1.54) is 30.9 Å². The highest BCUT2D eigenvalue weighted by Crippen LogP contribution is 2.32. The Morgan fingerprint density at radius 1 is 1.30 bits per heavy atom. The highest BCUT2D eigenvalue weighted by Gasteiger charge is 2.26. The molecular formula is C20H17FN4O2. The minimum Gasteiger partial charge on any atom is -0.472 e. The molecule has 4 rings (SSSR count). The van der Waals surface area contributed by atoms with Crippen molar-refractivity contribution in [2.24, 2.45) is 0 Å². The Kier molecular flexibility index (Phi) is 4.24. The lowest BCUT2D eigenvalue weighted by atomic mass is 10.0. The highest BCUT2D eigenvalue weighted by atomic mass is 19.1. The van der Waals surface area contributed by atoms with Crippen molar-refractivity contribution in [2.75, 3.05) is 31.1 Å². The number of hydrogen-bond donors (Lipinski definition) is 0. The average molecular weight is 364 g/mol. The molecule has 7 heteroatoms. The maximum Gasteiger partial charge on any atom is 0.257 e. The molecule has 1 aliphatic rings. The maximum absolute atomic E-state index is 14.0. The Labute approximate surface area is 155 Å². The molecule has 0 spiro atoms. The second-order valence-corrected chi connectivity index (χ2v) is 6.54. The molecule has 2 aromatic heterocycles. The van der Waals surface area contributed by atoms with Gasteiger partial charge in [0.2, 0.25) is 0 Å². The van der Waals surface area contributed by atoms with Gasteiger partial charge in [0.05, 0.1) is 28.6 Å². The molecule has 0 N–H and O–H groups in total. The second kappa shape index (κ2) is 6.72. The molecule has 0 atom stereocenters. The van der Waals surface area contributed by atoms with Crippen LogP contribution in [0, 0.1) is 24.1 Å². The number of halogens is 1. The summed E-state index contributed by atoms with van der Waals surface area (Å²) in [5, 5.41) is 10.2. The van der Waals surface area contributed by atoms with Gasteiger partial charge in [-0.05, 0) is 30.7 Å². The number of piperazine rings is 1. The molecule has 1 aliphatic heterocycles. The van der Waals surface area contributed by atoms with Crippen LogP contribution in [-0.2, 0) is 0 Å².